The molecule has 6 aromatic carbocycles. The topological polar surface area (TPSA) is 31.4 Å². The highest BCUT2D eigenvalue weighted by molar-refractivity contribution is 5.80. The number of ether oxygens (including phenoxy) is 2. The quantitative estimate of drug-likeness (QED) is 0.209. The van der Waals surface area contributed by atoms with Crippen molar-refractivity contribution < 1.29 is 9.47 Å². The lowest BCUT2D eigenvalue weighted by molar-refractivity contribution is 0.399. The molecule has 0 N–H and O–H groups in total. The molecule has 1 aromatic heterocycles. The minimum absolute atomic E-state index is 0.625. The first-order valence-electron chi connectivity index (χ1n) is 15.2. The number of hydrogen-bond donors (Lipinski definition) is 0. The highest BCUT2D eigenvalue weighted by atomic mass is 16.5. The van der Waals surface area contributed by atoms with E-state index in [1.54, 1.807) is 6.20 Å². The van der Waals surface area contributed by atoms with Crippen LogP contribution in [0.4, 0.5) is 0 Å². The zero-order valence-corrected chi connectivity index (χ0v) is 24.4. The van der Waals surface area contributed by atoms with Gasteiger partial charge in [-0.25, -0.2) is 0 Å². The van der Waals surface area contributed by atoms with Crippen LogP contribution in [-0.4, -0.2) is 4.98 Å². The van der Waals surface area contributed by atoms with Gasteiger partial charge in [0.15, 0.2) is 0 Å². The van der Waals surface area contributed by atoms with Crippen LogP contribution in [-0.2, 0) is 5.41 Å². The summed E-state index contributed by atoms with van der Waals surface area (Å²) in [6.07, 6.45) is 3.71. The second-order valence-corrected chi connectivity index (χ2v) is 11.6. The molecule has 0 amide bonds. The second-order valence-electron chi connectivity index (χ2n) is 11.6. The zero-order chi connectivity index (χ0) is 29.8. The van der Waals surface area contributed by atoms with Gasteiger partial charge in [0, 0.05) is 40.2 Å². The minimum Gasteiger partial charge on any atom is -0.457 e. The number of rotatable bonds is 3. The van der Waals surface area contributed by atoms with E-state index in [4.69, 9.17) is 9.47 Å². The molecule has 3 heterocycles. The van der Waals surface area contributed by atoms with Gasteiger partial charge in [0.05, 0.1) is 5.41 Å². The van der Waals surface area contributed by atoms with E-state index < -0.39 is 5.41 Å². The smallest absolute Gasteiger partial charge is 0.132 e. The van der Waals surface area contributed by atoms with Crippen LogP contribution < -0.4 is 9.47 Å². The van der Waals surface area contributed by atoms with Crippen LogP contribution in [0.5, 0.6) is 23.0 Å². The zero-order valence-electron chi connectivity index (χ0n) is 24.4. The molecule has 9 rings (SSSR count). The molecule has 0 radical (unpaired) electrons. The molecular weight excluding hydrogens is 550 g/mol. The predicted molar refractivity (Wildman–Crippen MR) is 179 cm³/mol. The monoisotopic (exact) mass is 577 g/mol. The van der Waals surface area contributed by atoms with Gasteiger partial charge in [0.25, 0.3) is 0 Å². The molecule has 0 saturated carbocycles. The summed E-state index contributed by atoms with van der Waals surface area (Å²) in [4.78, 5) is 4.33. The fourth-order valence-corrected chi connectivity index (χ4v) is 7.07. The summed E-state index contributed by atoms with van der Waals surface area (Å²) in [6, 6.07) is 53.2. The van der Waals surface area contributed by atoms with Gasteiger partial charge in [0.2, 0.25) is 0 Å². The van der Waals surface area contributed by atoms with E-state index in [2.05, 4.69) is 132 Å². The summed E-state index contributed by atoms with van der Waals surface area (Å²) in [5, 5.41) is 0. The van der Waals surface area contributed by atoms with Gasteiger partial charge in [-0.1, -0.05) is 115 Å². The van der Waals surface area contributed by atoms with Crippen molar-refractivity contribution in [1.29, 1.82) is 0 Å². The predicted octanol–water partition coefficient (Wildman–Crippen LogP) is 10.7. The first kappa shape index (κ1) is 25.6. The van der Waals surface area contributed by atoms with Gasteiger partial charge in [-0.05, 0) is 64.2 Å². The molecular formula is C42H27NO2. The summed E-state index contributed by atoms with van der Waals surface area (Å²) < 4.78 is 13.5. The molecule has 2 aliphatic heterocycles. The molecule has 2 aliphatic rings. The van der Waals surface area contributed by atoms with Crippen molar-refractivity contribution in [2.75, 3.05) is 0 Å². The first-order valence-corrected chi connectivity index (χ1v) is 15.2. The van der Waals surface area contributed by atoms with Crippen LogP contribution in [0.25, 0.3) is 33.4 Å². The fraction of sp³-hybridized carbons (Fsp3) is 0.0238. The van der Waals surface area contributed by atoms with E-state index in [0.717, 1.165) is 78.6 Å². The average molecular weight is 578 g/mol. The maximum Gasteiger partial charge on any atom is 0.132 e. The third-order valence-electron chi connectivity index (χ3n) is 9.09. The maximum absolute atomic E-state index is 6.92. The van der Waals surface area contributed by atoms with Crippen molar-refractivity contribution in [2.24, 2.45) is 0 Å². The Bertz CT molecular complexity index is 2180. The minimum atomic E-state index is -0.625. The second kappa shape index (κ2) is 10.1. The Labute approximate surface area is 262 Å². The summed E-state index contributed by atoms with van der Waals surface area (Å²) in [5.74, 6) is 3.39. The van der Waals surface area contributed by atoms with Gasteiger partial charge in [0.1, 0.15) is 23.0 Å². The number of hydrogen-bond acceptors (Lipinski definition) is 3. The Morgan fingerprint density at radius 2 is 0.844 bits per heavy atom. The standard InChI is InChI=1S/C42H27NO2/c1-2-10-28(11-3-1)31-19-21-36-40(25-31)45-41-26-32(29-12-8-13-30(24-29)33-14-9-23-43-27-33)20-22-37(41)42(36)34-15-4-6-17-38(34)44-39-18-7-5-16-35(39)42/h1-27H. The molecule has 0 unspecified atom stereocenters. The molecule has 3 heteroatoms. The number of para-hydroxylation sites is 2. The molecule has 212 valence electrons. The van der Waals surface area contributed by atoms with Crippen LogP contribution in [0.3, 0.4) is 0 Å². The molecule has 7 aromatic rings. The number of fused-ring (bicyclic) bond motifs is 8. The maximum atomic E-state index is 6.92. The van der Waals surface area contributed by atoms with E-state index >= 15 is 0 Å². The third kappa shape index (κ3) is 3.94. The highest BCUT2D eigenvalue weighted by Gasteiger charge is 2.50. The van der Waals surface area contributed by atoms with Crippen LogP contribution in [0.15, 0.2) is 164 Å². The van der Waals surface area contributed by atoms with E-state index in [1.165, 1.54) is 0 Å². The third-order valence-corrected chi connectivity index (χ3v) is 9.09. The van der Waals surface area contributed by atoms with E-state index in [0.29, 0.717) is 0 Å². The molecule has 0 atom stereocenters. The van der Waals surface area contributed by atoms with Crippen LogP contribution in [0, 0.1) is 0 Å². The molecule has 0 fully saturated rings. The van der Waals surface area contributed by atoms with Gasteiger partial charge < -0.3 is 9.47 Å². The Hall–Kier alpha value is -5.93. The lowest BCUT2D eigenvalue weighted by atomic mass is 9.62. The van der Waals surface area contributed by atoms with Crippen molar-refractivity contribution in [2.45, 2.75) is 5.41 Å². The molecule has 1 spiro atoms. The van der Waals surface area contributed by atoms with E-state index in [-0.39, 0.29) is 0 Å². The Balaban J connectivity index is 1.30. The average Bonchev–Trinajstić information content (AvgIpc) is 3.12. The van der Waals surface area contributed by atoms with Gasteiger partial charge in [-0.15, -0.1) is 0 Å². The normalized spacial score (nSPS) is 13.4. The van der Waals surface area contributed by atoms with Crippen molar-refractivity contribution in [1.82, 2.24) is 4.98 Å². The number of pyridine rings is 1. The van der Waals surface area contributed by atoms with Crippen molar-refractivity contribution in [3.8, 4) is 56.4 Å². The van der Waals surface area contributed by atoms with E-state index in [9.17, 15) is 0 Å². The van der Waals surface area contributed by atoms with Crippen molar-refractivity contribution >= 4 is 0 Å². The largest absolute Gasteiger partial charge is 0.457 e. The highest BCUT2D eigenvalue weighted by Crippen LogP contribution is 2.61. The lowest BCUT2D eigenvalue weighted by Crippen LogP contribution is -2.36. The van der Waals surface area contributed by atoms with Crippen molar-refractivity contribution in [3.05, 3.63) is 186 Å². The van der Waals surface area contributed by atoms with Gasteiger partial charge >= 0.3 is 0 Å². The summed E-state index contributed by atoms with van der Waals surface area (Å²) in [7, 11) is 0. The molecule has 45 heavy (non-hydrogen) atoms. The van der Waals surface area contributed by atoms with Crippen LogP contribution >= 0.6 is 0 Å². The Morgan fingerprint density at radius 3 is 1.49 bits per heavy atom. The van der Waals surface area contributed by atoms with Crippen LogP contribution in [0.1, 0.15) is 22.3 Å². The Kier molecular flexibility index (Phi) is 5.72. The van der Waals surface area contributed by atoms with E-state index in [1.807, 2.05) is 30.5 Å². The number of benzene rings is 6. The number of nitrogens with zero attached hydrogens (tertiary/aromatic N) is 1. The molecule has 0 bridgehead atoms. The van der Waals surface area contributed by atoms with Crippen LogP contribution in [0.2, 0.25) is 0 Å². The lowest BCUT2D eigenvalue weighted by Gasteiger charge is -2.45. The van der Waals surface area contributed by atoms with Crippen molar-refractivity contribution in [3.63, 3.8) is 0 Å². The fourth-order valence-electron chi connectivity index (χ4n) is 7.07. The molecule has 0 aliphatic carbocycles. The summed E-state index contributed by atoms with van der Waals surface area (Å²) >= 11 is 0. The summed E-state index contributed by atoms with van der Waals surface area (Å²) in [5.41, 5.74) is 10.5. The first-order chi connectivity index (χ1) is 22.3. The SMILES string of the molecule is c1ccc(-c2ccc3c(c2)Oc2cc(-c4cccc(-c5cccnc5)c4)ccc2C32c3ccccc3Oc3ccccc32)cc1. The summed E-state index contributed by atoms with van der Waals surface area (Å²) in [6.45, 7) is 0. The Morgan fingerprint density at radius 1 is 0.356 bits per heavy atom. The van der Waals surface area contributed by atoms with Gasteiger partial charge in [-0.2, -0.15) is 0 Å². The molecule has 3 nitrogen and oxygen atoms in total. The van der Waals surface area contributed by atoms with Gasteiger partial charge in [-0.3, -0.25) is 4.98 Å². The molecule has 0 saturated heterocycles. The number of aromatic nitrogens is 1.